The third kappa shape index (κ3) is 4.58. The summed E-state index contributed by atoms with van der Waals surface area (Å²) in [4.78, 5) is 13.4. The smallest absolute Gasteiger partial charge is 0.319 e. The van der Waals surface area contributed by atoms with Gasteiger partial charge in [0.25, 0.3) is 0 Å². The van der Waals surface area contributed by atoms with Crippen LogP contribution in [0.1, 0.15) is 18.4 Å². The Morgan fingerprint density at radius 3 is 3.05 bits per heavy atom. The van der Waals surface area contributed by atoms with Gasteiger partial charge in [-0.25, -0.2) is 4.39 Å². The first-order valence-electron chi connectivity index (χ1n) is 6.82. The van der Waals surface area contributed by atoms with E-state index in [2.05, 4.69) is 0 Å². The first-order chi connectivity index (χ1) is 9.67. The van der Waals surface area contributed by atoms with Crippen LogP contribution in [-0.2, 0) is 20.8 Å². The summed E-state index contributed by atoms with van der Waals surface area (Å²) >= 11 is 0. The lowest BCUT2D eigenvalue weighted by Gasteiger charge is -2.24. The molecule has 0 spiro atoms. The maximum atomic E-state index is 13.2. The van der Waals surface area contributed by atoms with E-state index in [1.54, 1.807) is 6.07 Å². The predicted molar refractivity (Wildman–Crippen MR) is 72.7 cm³/mol. The number of carbonyl (C=O) groups excluding carboxylic acids is 1. The van der Waals surface area contributed by atoms with E-state index in [0.29, 0.717) is 13.1 Å². The zero-order valence-corrected chi connectivity index (χ0v) is 11.7. The highest BCUT2D eigenvalue weighted by atomic mass is 19.1. The van der Waals surface area contributed by atoms with E-state index in [0.717, 1.165) is 25.0 Å². The topological polar surface area (TPSA) is 38.8 Å². The Balaban J connectivity index is 1.98. The van der Waals surface area contributed by atoms with Gasteiger partial charge in [-0.1, -0.05) is 12.1 Å². The molecule has 1 fully saturated rings. The Labute approximate surface area is 118 Å². The highest BCUT2D eigenvalue weighted by molar-refractivity contribution is 5.71. The summed E-state index contributed by atoms with van der Waals surface area (Å²) in [5.41, 5.74) is 0.840. The SMILES string of the molecule is COC(=O)CN(Cc1cccc(F)c1)C[C@H]1CCCO1. The van der Waals surface area contributed by atoms with Gasteiger partial charge in [0.05, 0.1) is 19.8 Å². The Bertz CT molecular complexity index is 446. The normalized spacial score (nSPS) is 18.4. The molecule has 0 aliphatic carbocycles. The van der Waals surface area contributed by atoms with Gasteiger partial charge in [-0.2, -0.15) is 0 Å². The summed E-state index contributed by atoms with van der Waals surface area (Å²) in [7, 11) is 1.37. The highest BCUT2D eigenvalue weighted by Gasteiger charge is 2.21. The van der Waals surface area contributed by atoms with Gasteiger partial charge < -0.3 is 9.47 Å². The molecular formula is C15H20FNO3. The summed E-state index contributed by atoms with van der Waals surface area (Å²) in [6, 6.07) is 6.42. The fraction of sp³-hybridized carbons (Fsp3) is 0.533. The van der Waals surface area contributed by atoms with E-state index in [-0.39, 0.29) is 24.4 Å². The molecular weight excluding hydrogens is 261 g/mol. The van der Waals surface area contributed by atoms with Crippen molar-refractivity contribution < 1.29 is 18.7 Å². The summed E-state index contributed by atoms with van der Waals surface area (Å²) in [5.74, 6) is -0.558. The maximum absolute atomic E-state index is 13.2. The number of nitrogens with zero attached hydrogens (tertiary/aromatic N) is 1. The van der Waals surface area contributed by atoms with E-state index < -0.39 is 0 Å². The largest absolute Gasteiger partial charge is 0.468 e. The number of halogens is 1. The van der Waals surface area contributed by atoms with Crippen molar-refractivity contribution in [2.45, 2.75) is 25.5 Å². The molecule has 1 aromatic rings. The van der Waals surface area contributed by atoms with Gasteiger partial charge in [0.15, 0.2) is 0 Å². The molecule has 0 unspecified atom stereocenters. The summed E-state index contributed by atoms with van der Waals surface area (Å²) in [5, 5.41) is 0. The van der Waals surface area contributed by atoms with Crippen molar-refractivity contribution in [1.29, 1.82) is 0 Å². The molecule has 0 saturated carbocycles. The lowest BCUT2D eigenvalue weighted by Crippen LogP contribution is -2.36. The van der Waals surface area contributed by atoms with Crippen LogP contribution in [-0.4, -0.2) is 43.8 Å². The minimum absolute atomic E-state index is 0.146. The second-order valence-electron chi connectivity index (χ2n) is 5.01. The Morgan fingerprint density at radius 2 is 2.40 bits per heavy atom. The van der Waals surface area contributed by atoms with Crippen LogP contribution < -0.4 is 0 Å². The summed E-state index contributed by atoms with van der Waals surface area (Å²) in [6.45, 7) is 2.13. The van der Waals surface area contributed by atoms with Gasteiger partial charge >= 0.3 is 5.97 Å². The molecule has 1 atom stereocenters. The molecule has 1 aliphatic rings. The molecule has 0 aromatic heterocycles. The van der Waals surface area contributed by atoms with E-state index >= 15 is 0 Å². The molecule has 0 amide bonds. The van der Waals surface area contributed by atoms with Gasteiger partial charge in [0, 0.05) is 19.7 Å². The summed E-state index contributed by atoms with van der Waals surface area (Å²) < 4.78 is 23.5. The van der Waals surface area contributed by atoms with Crippen LogP contribution in [0.5, 0.6) is 0 Å². The lowest BCUT2D eigenvalue weighted by molar-refractivity contribution is -0.142. The van der Waals surface area contributed by atoms with Crippen molar-refractivity contribution in [3.05, 3.63) is 35.6 Å². The predicted octanol–water partition coefficient (Wildman–Crippen LogP) is 1.98. The second kappa shape index (κ2) is 7.36. The van der Waals surface area contributed by atoms with Gasteiger partial charge in [0.1, 0.15) is 5.82 Å². The van der Waals surface area contributed by atoms with Crippen LogP contribution in [0.15, 0.2) is 24.3 Å². The molecule has 20 heavy (non-hydrogen) atoms. The Morgan fingerprint density at radius 1 is 1.55 bits per heavy atom. The zero-order chi connectivity index (χ0) is 14.4. The van der Waals surface area contributed by atoms with E-state index in [1.165, 1.54) is 19.2 Å². The molecule has 1 aliphatic heterocycles. The number of rotatable bonds is 6. The number of ether oxygens (including phenoxy) is 2. The van der Waals surface area contributed by atoms with Crippen LogP contribution in [0.3, 0.4) is 0 Å². The van der Waals surface area contributed by atoms with Gasteiger partial charge in [0.2, 0.25) is 0 Å². The molecule has 1 aromatic carbocycles. The summed E-state index contributed by atoms with van der Waals surface area (Å²) in [6.07, 6.45) is 2.20. The van der Waals surface area contributed by atoms with Crippen molar-refractivity contribution in [2.75, 3.05) is 26.8 Å². The van der Waals surface area contributed by atoms with Crippen molar-refractivity contribution in [1.82, 2.24) is 4.90 Å². The molecule has 1 heterocycles. The van der Waals surface area contributed by atoms with Gasteiger partial charge in [-0.3, -0.25) is 9.69 Å². The fourth-order valence-electron chi connectivity index (χ4n) is 2.40. The maximum Gasteiger partial charge on any atom is 0.319 e. The third-order valence-corrected chi connectivity index (χ3v) is 3.36. The second-order valence-corrected chi connectivity index (χ2v) is 5.01. The highest BCUT2D eigenvalue weighted by Crippen LogP contribution is 2.15. The molecule has 0 N–H and O–H groups in total. The number of esters is 1. The average Bonchev–Trinajstić information content (AvgIpc) is 2.91. The average molecular weight is 281 g/mol. The minimum Gasteiger partial charge on any atom is -0.468 e. The first-order valence-corrected chi connectivity index (χ1v) is 6.82. The fourth-order valence-corrected chi connectivity index (χ4v) is 2.40. The zero-order valence-electron chi connectivity index (χ0n) is 11.7. The number of hydrogen-bond donors (Lipinski definition) is 0. The first kappa shape index (κ1) is 14.9. The van der Waals surface area contributed by atoms with E-state index in [4.69, 9.17) is 9.47 Å². The molecule has 1 saturated heterocycles. The van der Waals surface area contributed by atoms with Crippen molar-refractivity contribution in [2.24, 2.45) is 0 Å². The van der Waals surface area contributed by atoms with Crippen molar-refractivity contribution in [3.8, 4) is 0 Å². The van der Waals surface area contributed by atoms with Gasteiger partial charge in [-0.05, 0) is 30.5 Å². The molecule has 4 nitrogen and oxygen atoms in total. The molecule has 5 heteroatoms. The van der Waals surface area contributed by atoms with E-state index in [1.807, 2.05) is 11.0 Å². The quantitative estimate of drug-likeness (QED) is 0.747. The Hall–Kier alpha value is -1.46. The third-order valence-electron chi connectivity index (χ3n) is 3.36. The monoisotopic (exact) mass is 281 g/mol. The van der Waals surface area contributed by atoms with Crippen LogP contribution in [0.2, 0.25) is 0 Å². The molecule has 110 valence electrons. The van der Waals surface area contributed by atoms with Gasteiger partial charge in [-0.15, -0.1) is 0 Å². The number of benzene rings is 1. The minimum atomic E-state index is -0.292. The van der Waals surface area contributed by atoms with Crippen molar-refractivity contribution >= 4 is 5.97 Å². The number of carbonyl (C=O) groups is 1. The van der Waals surface area contributed by atoms with Crippen LogP contribution >= 0.6 is 0 Å². The van der Waals surface area contributed by atoms with Crippen LogP contribution in [0, 0.1) is 5.82 Å². The van der Waals surface area contributed by atoms with Crippen LogP contribution in [0.4, 0.5) is 4.39 Å². The van der Waals surface area contributed by atoms with Crippen LogP contribution in [0.25, 0.3) is 0 Å². The molecule has 0 radical (unpaired) electrons. The van der Waals surface area contributed by atoms with E-state index in [9.17, 15) is 9.18 Å². The van der Waals surface area contributed by atoms with Crippen molar-refractivity contribution in [3.63, 3.8) is 0 Å². The lowest BCUT2D eigenvalue weighted by atomic mass is 10.2. The standard InChI is InChI=1S/C15H20FNO3/c1-19-15(18)11-17(10-14-6-3-7-20-14)9-12-4-2-5-13(16)8-12/h2,4-5,8,14H,3,6-7,9-11H2,1H3/t14-/m1/s1. The number of hydrogen-bond acceptors (Lipinski definition) is 4. The molecule has 0 bridgehead atoms. The number of methoxy groups -OCH3 is 1. The Kier molecular flexibility index (Phi) is 5.49. The molecule has 2 rings (SSSR count).